The lowest BCUT2D eigenvalue weighted by Gasteiger charge is -2.05. The zero-order valence-corrected chi connectivity index (χ0v) is 13.4. The van der Waals surface area contributed by atoms with Crippen molar-refractivity contribution in [1.82, 2.24) is 10.1 Å². The first-order valence-electron chi connectivity index (χ1n) is 7.32. The molecule has 2 heterocycles. The lowest BCUT2D eigenvalue weighted by molar-refractivity contribution is 0.375. The highest BCUT2D eigenvalue weighted by Crippen LogP contribution is 2.36. The van der Waals surface area contributed by atoms with Crippen LogP contribution in [0.3, 0.4) is 0 Å². The summed E-state index contributed by atoms with van der Waals surface area (Å²) < 4.78 is 5.35. The van der Waals surface area contributed by atoms with Crippen LogP contribution < -0.4 is 0 Å². The van der Waals surface area contributed by atoms with Crippen LogP contribution in [0.4, 0.5) is 5.69 Å². The number of benzene rings is 1. The average molecular weight is 301 g/mol. The zero-order chi connectivity index (χ0) is 14.8. The van der Waals surface area contributed by atoms with Gasteiger partial charge in [-0.2, -0.15) is 4.98 Å². The quantitative estimate of drug-likeness (QED) is 0.839. The topological polar surface area (TPSA) is 51.3 Å². The summed E-state index contributed by atoms with van der Waals surface area (Å²) in [5.41, 5.74) is 3.65. The van der Waals surface area contributed by atoms with Crippen molar-refractivity contribution in [2.24, 2.45) is 4.99 Å². The maximum absolute atomic E-state index is 5.35. The van der Waals surface area contributed by atoms with Crippen molar-refractivity contribution >= 4 is 22.5 Å². The fourth-order valence-electron chi connectivity index (χ4n) is 2.34. The van der Waals surface area contributed by atoms with Gasteiger partial charge in [0.1, 0.15) is 0 Å². The Morgan fingerprint density at radius 2 is 2.24 bits per heavy atom. The molecule has 0 spiro atoms. The van der Waals surface area contributed by atoms with E-state index >= 15 is 0 Å². The number of fused-ring (bicyclic) bond motifs is 1. The number of aromatic nitrogens is 2. The van der Waals surface area contributed by atoms with Crippen LogP contribution in [-0.4, -0.2) is 15.2 Å². The Balaban J connectivity index is 1.68. The van der Waals surface area contributed by atoms with E-state index in [-0.39, 0.29) is 5.25 Å². The Morgan fingerprint density at radius 1 is 1.38 bits per heavy atom. The van der Waals surface area contributed by atoms with Crippen molar-refractivity contribution in [3.05, 3.63) is 41.0 Å². The molecule has 0 amide bonds. The molecule has 5 heteroatoms. The third-order valence-corrected chi connectivity index (χ3v) is 4.51. The van der Waals surface area contributed by atoms with Crippen LogP contribution in [-0.2, 0) is 12.8 Å². The largest absolute Gasteiger partial charge is 0.338 e. The molecule has 0 aliphatic carbocycles. The first-order chi connectivity index (χ1) is 10.2. The molecule has 1 aliphatic heterocycles. The Bertz CT molecular complexity index is 678. The van der Waals surface area contributed by atoms with Gasteiger partial charge >= 0.3 is 0 Å². The van der Waals surface area contributed by atoms with E-state index in [4.69, 9.17) is 9.52 Å². The van der Waals surface area contributed by atoms with Crippen molar-refractivity contribution in [2.45, 2.75) is 45.3 Å². The lowest BCUT2D eigenvalue weighted by Crippen LogP contribution is -1.98. The second-order valence-electron chi connectivity index (χ2n) is 5.37. The molecule has 1 aromatic carbocycles. The number of thioether (sulfide) groups is 1. The minimum Gasteiger partial charge on any atom is -0.338 e. The normalized spacial score (nSPS) is 14.9. The molecule has 1 aromatic heterocycles. The summed E-state index contributed by atoms with van der Waals surface area (Å²) in [7, 11) is 0. The maximum Gasteiger partial charge on any atom is 0.239 e. The summed E-state index contributed by atoms with van der Waals surface area (Å²) in [4.78, 5) is 9.16. The molecule has 1 atom stereocenters. The van der Waals surface area contributed by atoms with Gasteiger partial charge in [-0.1, -0.05) is 36.0 Å². The minimum absolute atomic E-state index is 0.136. The van der Waals surface area contributed by atoms with E-state index in [1.165, 1.54) is 11.1 Å². The lowest BCUT2D eigenvalue weighted by atomic mass is 10.1. The highest BCUT2D eigenvalue weighted by atomic mass is 32.2. The molecular formula is C16H19N3OS. The molecule has 0 bridgehead atoms. The molecule has 0 N–H and O–H groups in total. The van der Waals surface area contributed by atoms with Gasteiger partial charge in [-0.25, -0.2) is 4.99 Å². The van der Waals surface area contributed by atoms with E-state index in [2.05, 4.69) is 49.1 Å². The third-order valence-electron chi connectivity index (χ3n) is 3.45. The predicted molar refractivity (Wildman–Crippen MR) is 86.3 cm³/mol. The van der Waals surface area contributed by atoms with E-state index in [1.807, 2.05) is 0 Å². The molecule has 21 heavy (non-hydrogen) atoms. The third kappa shape index (κ3) is 3.18. The molecule has 1 unspecified atom stereocenters. The Hall–Kier alpha value is -1.62. The van der Waals surface area contributed by atoms with Crippen LogP contribution in [0.15, 0.2) is 27.7 Å². The van der Waals surface area contributed by atoms with E-state index in [9.17, 15) is 0 Å². The summed E-state index contributed by atoms with van der Waals surface area (Å²) in [5.74, 6) is 1.49. The Morgan fingerprint density at radius 3 is 3.05 bits per heavy atom. The Labute approximate surface area is 129 Å². The van der Waals surface area contributed by atoms with Crippen LogP contribution in [0.1, 0.15) is 48.4 Å². The van der Waals surface area contributed by atoms with Gasteiger partial charge in [-0.05, 0) is 37.5 Å². The molecule has 0 saturated heterocycles. The molecule has 2 aromatic rings. The summed E-state index contributed by atoms with van der Waals surface area (Å²) in [5, 5.41) is 5.27. The number of aryl methyl sites for hydroxylation is 2. The molecule has 4 nitrogen and oxygen atoms in total. The molecule has 3 rings (SSSR count). The van der Waals surface area contributed by atoms with Crippen molar-refractivity contribution in [3.63, 3.8) is 0 Å². The van der Waals surface area contributed by atoms with Crippen LogP contribution in [0, 0.1) is 6.92 Å². The van der Waals surface area contributed by atoms with Crippen LogP contribution in [0.5, 0.6) is 0 Å². The number of hydrogen-bond donors (Lipinski definition) is 0. The second-order valence-corrected chi connectivity index (χ2v) is 6.79. The van der Waals surface area contributed by atoms with Gasteiger partial charge in [0.2, 0.25) is 5.89 Å². The van der Waals surface area contributed by atoms with Gasteiger partial charge in [0.15, 0.2) is 5.82 Å². The predicted octanol–water partition coefficient (Wildman–Crippen LogP) is 4.41. The molecule has 0 radical (unpaired) electrons. The van der Waals surface area contributed by atoms with Crippen LogP contribution in [0.25, 0.3) is 0 Å². The average Bonchev–Trinajstić information content (AvgIpc) is 3.05. The number of aliphatic imine (C=N–C) groups is 1. The van der Waals surface area contributed by atoms with Crippen molar-refractivity contribution in [3.8, 4) is 0 Å². The second kappa shape index (κ2) is 6.02. The van der Waals surface area contributed by atoms with Gasteiger partial charge in [-0.15, -0.1) is 0 Å². The summed E-state index contributed by atoms with van der Waals surface area (Å²) in [6.45, 7) is 6.29. The number of rotatable bonds is 4. The summed E-state index contributed by atoms with van der Waals surface area (Å²) >= 11 is 1.71. The van der Waals surface area contributed by atoms with Crippen molar-refractivity contribution < 1.29 is 4.52 Å². The van der Waals surface area contributed by atoms with Gasteiger partial charge in [0.05, 0.1) is 16.0 Å². The zero-order valence-electron chi connectivity index (χ0n) is 12.6. The molecular weight excluding hydrogens is 282 g/mol. The fourth-order valence-corrected chi connectivity index (χ4v) is 3.34. The van der Waals surface area contributed by atoms with Gasteiger partial charge in [0, 0.05) is 12.8 Å². The Kier molecular flexibility index (Phi) is 4.10. The van der Waals surface area contributed by atoms with Crippen molar-refractivity contribution in [2.75, 3.05) is 0 Å². The van der Waals surface area contributed by atoms with E-state index < -0.39 is 0 Å². The highest BCUT2D eigenvalue weighted by molar-refractivity contribution is 8.14. The summed E-state index contributed by atoms with van der Waals surface area (Å²) in [6, 6.07) is 6.44. The van der Waals surface area contributed by atoms with Crippen LogP contribution >= 0.6 is 11.8 Å². The van der Waals surface area contributed by atoms with Crippen LogP contribution in [0.2, 0.25) is 0 Å². The van der Waals surface area contributed by atoms with Gasteiger partial charge in [-0.3, -0.25) is 0 Å². The van der Waals surface area contributed by atoms with E-state index in [1.54, 1.807) is 11.8 Å². The van der Waals surface area contributed by atoms with Crippen molar-refractivity contribution in [1.29, 1.82) is 0 Å². The monoisotopic (exact) mass is 301 g/mol. The summed E-state index contributed by atoms with van der Waals surface area (Å²) in [6.07, 6.45) is 2.80. The smallest absolute Gasteiger partial charge is 0.239 e. The number of nitrogens with zero attached hydrogens (tertiary/aromatic N) is 3. The van der Waals surface area contributed by atoms with Gasteiger partial charge in [0.25, 0.3) is 0 Å². The standard InChI is InChI=1S/C16H19N3OS/c1-4-5-14-18-16(20-19-14)11(3)21-15-9-12-7-6-10(2)8-13(12)17-15/h6-8,11H,4-5,9H2,1-3H3. The van der Waals surface area contributed by atoms with Gasteiger partial charge < -0.3 is 4.52 Å². The molecule has 110 valence electrons. The molecule has 0 fully saturated rings. The highest BCUT2D eigenvalue weighted by Gasteiger charge is 2.21. The SMILES string of the molecule is CCCc1noc(C(C)SC2=Nc3cc(C)ccc3C2)n1. The first kappa shape index (κ1) is 14.3. The molecule has 1 aliphatic rings. The molecule has 0 saturated carbocycles. The first-order valence-corrected chi connectivity index (χ1v) is 8.20. The number of hydrogen-bond acceptors (Lipinski definition) is 5. The van der Waals surface area contributed by atoms with E-state index in [0.29, 0.717) is 5.89 Å². The van der Waals surface area contributed by atoms with E-state index in [0.717, 1.165) is 35.8 Å². The minimum atomic E-state index is 0.136. The fraction of sp³-hybridized carbons (Fsp3) is 0.438. The maximum atomic E-state index is 5.35.